The zero-order valence-corrected chi connectivity index (χ0v) is 24.4. The molecular weight excluding hydrogens is 555 g/mol. The minimum absolute atomic E-state index is 0.0675. The van der Waals surface area contributed by atoms with E-state index in [2.05, 4.69) is 10.3 Å². The number of carbonyl (C=O) groups is 1. The maximum absolute atomic E-state index is 14.3. The second kappa shape index (κ2) is 12.1. The third-order valence-corrected chi connectivity index (χ3v) is 10.0. The molecule has 2 saturated heterocycles. The fourth-order valence-corrected chi connectivity index (χ4v) is 7.59. The van der Waals surface area contributed by atoms with Crippen LogP contribution >= 0.6 is 0 Å². The van der Waals surface area contributed by atoms with Gasteiger partial charge in [-0.1, -0.05) is 31.0 Å². The van der Waals surface area contributed by atoms with Crippen LogP contribution in [0.4, 0.5) is 18.0 Å². The van der Waals surface area contributed by atoms with Crippen LogP contribution in [0.3, 0.4) is 0 Å². The van der Waals surface area contributed by atoms with Crippen LogP contribution in [-0.2, 0) is 6.54 Å². The molecule has 1 spiro atoms. The monoisotopic (exact) mass is 593 g/mol. The lowest BCUT2D eigenvalue weighted by molar-refractivity contribution is 0.0208. The fraction of sp³-hybridized carbons (Fsp3) is 0.485. The van der Waals surface area contributed by atoms with Gasteiger partial charge in [-0.05, 0) is 80.3 Å². The Morgan fingerprint density at radius 1 is 1.00 bits per heavy atom. The third kappa shape index (κ3) is 5.81. The molecule has 3 heterocycles. The topological polar surface area (TPSA) is 70.5 Å². The number of aromatic nitrogens is 2. The molecule has 10 heteroatoms. The van der Waals surface area contributed by atoms with E-state index in [1.54, 1.807) is 28.8 Å². The molecule has 3 fully saturated rings. The van der Waals surface area contributed by atoms with E-state index >= 15 is 0 Å². The molecular formula is C33H38F3N5O2. The molecule has 2 aromatic carbocycles. The summed E-state index contributed by atoms with van der Waals surface area (Å²) >= 11 is 0. The highest BCUT2D eigenvalue weighted by molar-refractivity contribution is 5.75. The van der Waals surface area contributed by atoms with Crippen LogP contribution < -0.4 is 10.9 Å². The zero-order chi connectivity index (χ0) is 30.1. The Kier molecular flexibility index (Phi) is 8.31. The van der Waals surface area contributed by atoms with E-state index in [-0.39, 0.29) is 35.0 Å². The van der Waals surface area contributed by atoms with Gasteiger partial charge in [0, 0.05) is 43.9 Å². The van der Waals surface area contributed by atoms with Gasteiger partial charge in [0.2, 0.25) is 0 Å². The Labute approximate surface area is 249 Å². The van der Waals surface area contributed by atoms with Crippen LogP contribution in [0.15, 0.2) is 59.7 Å². The predicted molar refractivity (Wildman–Crippen MR) is 158 cm³/mol. The molecule has 0 unspecified atom stereocenters. The largest absolute Gasteiger partial charge is 0.324 e. The number of nitrogens with one attached hydrogen (secondary N) is 1. The second-order valence-corrected chi connectivity index (χ2v) is 12.4. The van der Waals surface area contributed by atoms with Gasteiger partial charge in [-0.15, -0.1) is 0 Å². The number of hydrogen-bond acceptors (Lipinski definition) is 4. The minimum Gasteiger partial charge on any atom is -0.324 e. The van der Waals surface area contributed by atoms with Gasteiger partial charge in [-0.2, -0.15) is 0 Å². The van der Waals surface area contributed by atoms with E-state index in [4.69, 9.17) is 0 Å². The number of rotatable bonds is 5. The summed E-state index contributed by atoms with van der Waals surface area (Å²) in [6.45, 7) is 2.17. The zero-order valence-electron chi connectivity index (χ0n) is 24.4. The van der Waals surface area contributed by atoms with Gasteiger partial charge in [0.25, 0.3) is 5.56 Å². The van der Waals surface area contributed by atoms with Crippen LogP contribution in [-0.4, -0.2) is 58.1 Å². The highest BCUT2D eigenvalue weighted by atomic mass is 19.2. The molecule has 3 atom stereocenters. The highest BCUT2D eigenvalue weighted by Gasteiger charge is 2.47. The molecule has 1 aromatic heterocycles. The van der Waals surface area contributed by atoms with Crippen LogP contribution in [0.25, 0.3) is 11.3 Å². The maximum Gasteiger partial charge on any atom is 0.320 e. The molecule has 0 bridgehead atoms. The summed E-state index contributed by atoms with van der Waals surface area (Å²) in [5, 5.41) is 3.29. The molecule has 6 rings (SSSR count). The number of hydrogen-bond donors (Lipinski definition) is 1. The number of benzene rings is 2. The van der Waals surface area contributed by atoms with Crippen molar-refractivity contribution < 1.29 is 18.0 Å². The Balaban J connectivity index is 1.21. The third-order valence-electron chi connectivity index (χ3n) is 10.0. The Morgan fingerprint density at radius 3 is 2.51 bits per heavy atom. The van der Waals surface area contributed by atoms with E-state index in [9.17, 15) is 22.8 Å². The van der Waals surface area contributed by atoms with Crippen LogP contribution in [0, 0.1) is 28.8 Å². The smallest absolute Gasteiger partial charge is 0.320 e. The molecule has 2 aliphatic heterocycles. The number of nitrogens with zero attached hydrogens (tertiary/aromatic N) is 4. The molecule has 1 saturated carbocycles. The van der Waals surface area contributed by atoms with Crippen molar-refractivity contribution in [2.24, 2.45) is 11.3 Å². The van der Waals surface area contributed by atoms with Gasteiger partial charge >= 0.3 is 6.03 Å². The average Bonchev–Trinajstić information content (AvgIpc) is 3.48. The first-order valence-corrected chi connectivity index (χ1v) is 15.3. The van der Waals surface area contributed by atoms with Crippen molar-refractivity contribution in [3.8, 4) is 11.3 Å². The normalized spacial score (nSPS) is 23.6. The van der Waals surface area contributed by atoms with Gasteiger partial charge in [0.15, 0.2) is 11.6 Å². The van der Waals surface area contributed by atoms with Crippen LogP contribution in [0.2, 0.25) is 0 Å². The SMILES string of the molecule is CN[C@@H]1CCN(C(=O)N2CC[C@@H](Cn3cnc(-c4ccccc4F)cc3=O)C3(CCCC3)C2)[C@H](c2ccc(F)c(F)c2)C1. The van der Waals surface area contributed by atoms with E-state index in [0.29, 0.717) is 49.4 Å². The summed E-state index contributed by atoms with van der Waals surface area (Å²) in [4.78, 5) is 35.4. The van der Waals surface area contributed by atoms with Gasteiger partial charge in [-0.25, -0.2) is 22.9 Å². The molecule has 0 radical (unpaired) electrons. The van der Waals surface area contributed by atoms with Crippen LogP contribution in [0.1, 0.15) is 56.6 Å². The number of piperidine rings is 2. The Hall–Kier alpha value is -3.66. The van der Waals surface area contributed by atoms with Crippen LogP contribution in [0.5, 0.6) is 0 Å². The molecule has 2 amide bonds. The number of carbonyl (C=O) groups excluding carboxylic acids is 1. The molecule has 43 heavy (non-hydrogen) atoms. The Bertz CT molecular complexity index is 1540. The van der Waals surface area contributed by atoms with Gasteiger partial charge < -0.3 is 15.1 Å². The summed E-state index contributed by atoms with van der Waals surface area (Å²) in [5.41, 5.74) is 0.877. The average molecular weight is 594 g/mol. The number of halogens is 3. The van der Waals surface area contributed by atoms with Crippen molar-refractivity contribution in [3.63, 3.8) is 0 Å². The number of urea groups is 1. The van der Waals surface area contributed by atoms with Crippen molar-refractivity contribution in [2.45, 2.75) is 63.6 Å². The maximum atomic E-state index is 14.3. The molecule has 3 aromatic rings. The molecule has 1 N–H and O–H groups in total. The van der Waals surface area contributed by atoms with Crippen molar-refractivity contribution in [1.29, 1.82) is 0 Å². The quantitative estimate of drug-likeness (QED) is 0.409. The lowest BCUT2D eigenvalue weighted by Gasteiger charge is -2.49. The predicted octanol–water partition coefficient (Wildman–Crippen LogP) is 5.76. The molecule has 228 valence electrons. The van der Waals surface area contributed by atoms with E-state index in [0.717, 1.165) is 44.6 Å². The molecule has 3 aliphatic rings. The number of likely N-dealkylation sites (tertiary alicyclic amines) is 2. The van der Waals surface area contributed by atoms with Gasteiger partial charge in [0.05, 0.1) is 18.1 Å². The van der Waals surface area contributed by atoms with E-state index in [1.165, 1.54) is 24.5 Å². The van der Waals surface area contributed by atoms with E-state index < -0.39 is 17.5 Å². The first kappa shape index (κ1) is 29.4. The van der Waals surface area contributed by atoms with Crippen molar-refractivity contribution in [1.82, 2.24) is 24.7 Å². The number of amides is 2. The molecule has 1 aliphatic carbocycles. The Morgan fingerprint density at radius 2 is 1.79 bits per heavy atom. The van der Waals surface area contributed by atoms with Gasteiger partial charge in [-0.3, -0.25) is 9.36 Å². The van der Waals surface area contributed by atoms with Crippen molar-refractivity contribution in [3.05, 3.63) is 88.2 Å². The summed E-state index contributed by atoms with van der Waals surface area (Å²) in [6.07, 6.45) is 7.76. The van der Waals surface area contributed by atoms with Crippen molar-refractivity contribution >= 4 is 6.03 Å². The van der Waals surface area contributed by atoms with Gasteiger partial charge in [0.1, 0.15) is 5.82 Å². The minimum atomic E-state index is -0.908. The summed E-state index contributed by atoms with van der Waals surface area (Å²) < 4.78 is 43.9. The first-order chi connectivity index (χ1) is 20.8. The summed E-state index contributed by atoms with van der Waals surface area (Å²) in [5.74, 6) is -2.04. The first-order valence-electron chi connectivity index (χ1n) is 15.3. The fourth-order valence-electron chi connectivity index (χ4n) is 7.59. The molecule has 7 nitrogen and oxygen atoms in total. The lowest BCUT2D eigenvalue weighted by Crippen LogP contribution is -2.56. The lowest BCUT2D eigenvalue weighted by atomic mass is 9.69. The second-order valence-electron chi connectivity index (χ2n) is 12.4. The van der Waals surface area contributed by atoms with E-state index in [1.807, 2.05) is 16.8 Å². The van der Waals surface area contributed by atoms with Crippen molar-refractivity contribution in [2.75, 3.05) is 26.7 Å². The standard InChI is InChI=1S/C33H38F3N5O2/c1-37-24-11-15-41(30(17-24)22-8-9-27(35)28(36)16-22)32(43)39-14-10-23(33(20-39)12-4-5-13-33)19-40-21-38-29(18-31(40)42)25-6-2-3-7-26(25)34/h2-3,6-9,16,18,21,23-24,30,37H,4-5,10-15,17,19-20H2,1H3/t23-,24+,30-/m0/s1. The summed E-state index contributed by atoms with van der Waals surface area (Å²) in [6, 6.07) is 11.3. The summed E-state index contributed by atoms with van der Waals surface area (Å²) in [7, 11) is 1.88. The highest BCUT2D eigenvalue weighted by Crippen LogP contribution is 2.49.